The molecule has 0 radical (unpaired) electrons. The highest BCUT2D eigenvalue weighted by atomic mass is 16.4. The Balaban J connectivity index is 2.25. The van der Waals surface area contributed by atoms with Crippen LogP contribution in [0, 0.1) is 0 Å². The average molecular weight is 495 g/mol. The minimum absolute atomic E-state index is 0.0132. The average Bonchev–Trinajstić information content (AvgIpc) is 3.27. The highest BCUT2D eigenvalue weighted by Gasteiger charge is 2.39. The zero-order chi connectivity index (χ0) is 26.3. The second-order valence-corrected chi connectivity index (χ2v) is 8.39. The molecule has 0 aliphatic carbocycles. The number of phenols is 1. The van der Waals surface area contributed by atoms with Crippen molar-refractivity contribution in [2.24, 2.45) is 5.73 Å². The molecule has 1 fully saturated rings. The number of likely N-dealkylation sites (tertiary alicyclic amines) is 1. The Labute approximate surface area is 200 Å². The molecular weight excluding hydrogens is 464 g/mol. The number of carboxylic acid groups (broad SMARTS) is 2. The fourth-order valence-electron chi connectivity index (χ4n) is 3.76. The van der Waals surface area contributed by atoms with Gasteiger partial charge in [0.1, 0.15) is 23.9 Å². The number of benzene rings is 1. The summed E-state index contributed by atoms with van der Waals surface area (Å²) in [7, 11) is 0. The third-order valence-electron chi connectivity index (χ3n) is 5.61. The van der Waals surface area contributed by atoms with Crippen molar-refractivity contribution < 1.29 is 44.4 Å². The third kappa shape index (κ3) is 7.65. The molecule has 8 N–H and O–H groups in total. The van der Waals surface area contributed by atoms with Crippen LogP contribution in [0.15, 0.2) is 24.3 Å². The van der Waals surface area contributed by atoms with E-state index in [2.05, 4.69) is 10.6 Å². The van der Waals surface area contributed by atoms with Crippen LogP contribution in [0.25, 0.3) is 0 Å². The van der Waals surface area contributed by atoms with Crippen LogP contribution in [0.2, 0.25) is 0 Å². The van der Waals surface area contributed by atoms with Crippen LogP contribution < -0.4 is 16.4 Å². The maximum atomic E-state index is 13.3. The molecule has 1 aliphatic rings. The van der Waals surface area contributed by atoms with Crippen molar-refractivity contribution in [1.82, 2.24) is 15.5 Å². The zero-order valence-electron chi connectivity index (χ0n) is 19.1. The van der Waals surface area contributed by atoms with Crippen molar-refractivity contribution in [3.63, 3.8) is 0 Å². The van der Waals surface area contributed by atoms with Crippen molar-refractivity contribution in [2.75, 3.05) is 6.54 Å². The molecular formula is C22H30N4O9. The SMILES string of the molecule is CC(O)C(NC(=O)C(N)CC(=O)O)C(=O)NC(Cc1ccc(O)cc1)C(=O)N1CCCC1C(=O)O. The van der Waals surface area contributed by atoms with E-state index in [-0.39, 0.29) is 25.1 Å². The number of carbonyl (C=O) groups excluding carboxylic acids is 3. The van der Waals surface area contributed by atoms with E-state index in [4.69, 9.17) is 10.8 Å². The minimum atomic E-state index is -1.56. The lowest BCUT2D eigenvalue weighted by atomic mass is 10.0. The number of carboxylic acids is 2. The fourth-order valence-corrected chi connectivity index (χ4v) is 3.76. The lowest BCUT2D eigenvalue weighted by Crippen LogP contribution is -2.60. The van der Waals surface area contributed by atoms with E-state index in [0.29, 0.717) is 12.0 Å². The van der Waals surface area contributed by atoms with Crippen molar-refractivity contribution in [2.45, 2.75) is 62.9 Å². The molecule has 3 amide bonds. The van der Waals surface area contributed by atoms with Gasteiger partial charge in [0.25, 0.3) is 0 Å². The molecule has 35 heavy (non-hydrogen) atoms. The largest absolute Gasteiger partial charge is 0.508 e. The molecule has 0 saturated carbocycles. The van der Waals surface area contributed by atoms with Gasteiger partial charge in [-0.1, -0.05) is 12.1 Å². The Morgan fingerprint density at radius 1 is 1.09 bits per heavy atom. The Morgan fingerprint density at radius 3 is 2.26 bits per heavy atom. The van der Waals surface area contributed by atoms with E-state index >= 15 is 0 Å². The van der Waals surface area contributed by atoms with Gasteiger partial charge < -0.3 is 41.7 Å². The summed E-state index contributed by atoms with van der Waals surface area (Å²) in [4.78, 5) is 62.0. The molecule has 192 valence electrons. The summed E-state index contributed by atoms with van der Waals surface area (Å²) in [5.41, 5.74) is 6.06. The molecule has 1 aromatic rings. The van der Waals surface area contributed by atoms with Gasteiger partial charge in [0.15, 0.2) is 0 Å². The normalized spacial score (nSPS) is 18.7. The van der Waals surface area contributed by atoms with Gasteiger partial charge in [-0.3, -0.25) is 19.2 Å². The molecule has 5 unspecified atom stereocenters. The monoisotopic (exact) mass is 494 g/mol. The topological polar surface area (TPSA) is 220 Å². The van der Waals surface area contributed by atoms with Crippen LogP contribution in [0.1, 0.15) is 31.7 Å². The Hall–Kier alpha value is -3.71. The van der Waals surface area contributed by atoms with Gasteiger partial charge >= 0.3 is 11.9 Å². The van der Waals surface area contributed by atoms with Crippen LogP contribution in [-0.2, 0) is 30.4 Å². The Bertz CT molecular complexity index is 951. The molecule has 5 atom stereocenters. The number of aliphatic hydroxyl groups is 1. The second kappa shape index (κ2) is 12.1. The standard InChI is InChI=1S/C22H30N4O9/c1-11(27)18(25-19(31)14(23)10-17(29)30)20(32)24-15(9-12-4-6-13(28)7-5-12)21(33)26-8-2-3-16(26)22(34)35/h4-7,11,14-16,18,27-28H,2-3,8-10,23H2,1H3,(H,24,32)(H,25,31)(H,29,30)(H,34,35). The van der Waals surface area contributed by atoms with Gasteiger partial charge in [-0.25, -0.2) is 4.79 Å². The number of aliphatic carboxylic acids is 2. The maximum Gasteiger partial charge on any atom is 0.326 e. The van der Waals surface area contributed by atoms with Crippen LogP contribution in [0.4, 0.5) is 0 Å². The predicted molar refractivity (Wildman–Crippen MR) is 120 cm³/mol. The number of hydrogen-bond acceptors (Lipinski definition) is 8. The summed E-state index contributed by atoms with van der Waals surface area (Å²) in [5.74, 6) is -5.11. The van der Waals surface area contributed by atoms with E-state index in [0.717, 1.165) is 4.90 Å². The molecule has 1 heterocycles. The van der Waals surface area contributed by atoms with Gasteiger partial charge in [-0.15, -0.1) is 0 Å². The first kappa shape index (κ1) is 27.5. The van der Waals surface area contributed by atoms with Gasteiger partial charge in [0.05, 0.1) is 18.6 Å². The van der Waals surface area contributed by atoms with E-state index in [9.17, 15) is 39.3 Å². The maximum absolute atomic E-state index is 13.3. The quantitative estimate of drug-likeness (QED) is 0.182. The number of hydrogen-bond donors (Lipinski definition) is 7. The fraction of sp³-hybridized carbons (Fsp3) is 0.500. The zero-order valence-corrected chi connectivity index (χ0v) is 19.1. The van der Waals surface area contributed by atoms with Crippen LogP contribution in [-0.4, -0.2) is 91.8 Å². The van der Waals surface area contributed by atoms with Gasteiger partial charge in [0.2, 0.25) is 17.7 Å². The molecule has 1 saturated heterocycles. The van der Waals surface area contributed by atoms with Gasteiger partial charge in [-0.05, 0) is 37.5 Å². The summed E-state index contributed by atoms with van der Waals surface area (Å²) in [5, 5.41) is 42.5. The number of rotatable bonds is 11. The van der Waals surface area contributed by atoms with E-state index in [1.807, 2.05) is 0 Å². The highest BCUT2D eigenvalue weighted by molar-refractivity contribution is 5.95. The summed E-state index contributed by atoms with van der Waals surface area (Å²) in [6.45, 7) is 1.39. The van der Waals surface area contributed by atoms with Crippen molar-refractivity contribution in [3.05, 3.63) is 29.8 Å². The number of carbonyl (C=O) groups is 5. The molecule has 1 aliphatic heterocycles. The second-order valence-electron chi connectivity index (χ2n) is 8.39. The summed E-state index contributed by atoms with van der Waals surface area (Å²) in [6.07, 6.45) is -1.47. The Kier molecular flexibility index (Phi) is 9.54. The highest BCUT2D eigenvalue weighted by Crippen LogP contribution is 2.20. The van der Waals surface area contributed by atoms with Crippen LogP contribution >= 0.6 is 0 Å². The molecule has 0 bridgehead atoms. The van der Waals surface area contributed by atoms with Crippen LogP contribution in [0.3, 0.4) is 0 Å². The lowest BCUT2D eigenvalue weighted by molar-refractivity contribution is -0.149. The first-order chi connectivity index (χ1) is 16.4. The molecule has 13 heteroatoms. The molecule has 13 nitrogen and oxygen atoms in total. The predicted octanol–water partition coefficient (Wildman–Crippen LogP) is -1.84. The number of phenolic OH excluding ortho intramolecular Hbond substituents is 1. The number of nitrogens with two attached hydrogens (primary N) is 1. The smallest absolute Gasteiger partial charge is 0.326 e. The number of nitrogens with zero attached hydrogens (tertiary/aromatic N) is 1. The summed E-state index contributed by atoms with van der Waals surface area (Å²) >= 11 is 0. The number of nitrogens with one attached hydrogen (secondary N) is 2. The summed E-state index contributed by atoms with van der Waals surface area (Å²) < 4.78 is 0. The molecule has 0 spiro atoms. The minimum Gasteiger partial charge on any atom is -0.508 e. The van der Waals surface area contributed by atoms with E-state index in [1.54, 1.807) is 0 Å². The summed E-state index contributed by atoms with van der Waals surface area (Å²) in [6, 6.07) is 0.483. The molecule has 2 rings (SSSR count). The van der Waals surface area contributed by atoms with Gasteiger partial charge in [-0.2, -0.15) is 0 Å². The van der Waals surface area contributed by atoms with Crippen molar-refractivity contribution in [3.8, 4) is 5.75 Å². The number of amides is 3. The first-order valence-electron chi connectivity index (χ1n) is 11.0. The van der Waals surface area contributed by atoms with Crippen molar-refractivity contribution >= 4 is 29.7 Å². The van der Waals surface area contributed by atoms with Crippen LogP contribution in [0.5, 0.6) is 5.75 Å². The van der Waals surface area contributed by atoms with Gasteiger partial charge in [0, 0.05) is 13.0 Å². The lowest BCUT2D eigenvalue weighted by Gasteiger charge is -2.29. The molecule has 1 aromatic carbocycles. The van der Waals surface area contributed by atoms with Crippen molar-refractivity contribution in [1.29, 1.82) is 0 Å². The molecule has 0 aromatic heterocycles. The van der Waals surface area contributed by atoms with E-state index in [1.165, 1.54) is 31.2 Å². The first-order valence-corrected chi connectivity index (χ1v) is 11.0. The number of aliphatic hydroxyl groups excluding tert-OH is 1. The Morgan fingerprint density at radius 2 is 1.71 bits per heavy atom. The third-order valence-corrected chi connectivity index (χ3v) is 5.61. The number of aromatic hydroxyl groups is 1. The van der Waals surface area contributed by atoms with E-state index < -0.39 is 66.4 Å².